The van der Waals surface area contributed by atoms with Crippen molar-refractivity contribution in [1.82, 2.24) is 10.6 Å². The summed E-state index contributed by atoms with van der Waals surface area (Å²) < 4.78 is 0. The number of amides is 1. The smallest absolute Gasteiger partial charge is 0.250 e. The van der Waals surface area contributed by atoms with Crippen LogP contribution in [0, 0.1) is 5.41 Å². The first-order valence-corrected chi connectivity index (χ1v) is 6.05. The van der Waals surface area contributed by atoms with Gasteiger partial charge in [0.15, 0.2) is 5.96 Å². The van der Waals surface area contributed by atoms with Crippen molar-refractivity contribution < 1.29 is 4.79 Å². The molecule has 0 aliphatic heterocycles. The van der Waals surface area contributed by atoms with E-state index in [4.69, 9.17) is 28.6 Å². The highest BCUT2D eigenvalue weighted by molar-refractivity contribution is 6.37. The Morgan fingerprint density at radius 2 is 2.00 bits per heavy atom. The first kappa shape index (κ1) is 14.5. The summed E-state index contributed by atoms with van der Waals surface area (Å²) in [5, 5.41) is 13.3. The van der Waals surface area contributed by atoms with Crippen LogP contribution >= 0.6 is 23.2 Å². The molecule has 96 valence electrons. The lowest BCUT2D eigenvalue weighted by molar-refractivity contribution is -0.115. The molecule has 0 heterocycles. The summed E-state index contributed by atoms with van der Waals surface area (Å²) in [6.07, 6.45) is 2.79. The van der Waals surface area contributed by atoms with Crippen LogP contribution in [0.3, 0.4) is 0 Å². The first-order valence-electron chi connectivity index (χ1n) is 5.30. The van der Waals surface area contributed by atoms with Crippen LogP contribution in [-0.4, -0.2) is 18.4 Å². The molecule has 6 heteroatoms. The second kappa shape index (κ2) is 7.03. The molecule has 1 amide bonds. The summed E-state index contributed by atoms with van der Waals surface area (Å²) in [7, 11) is 0. The summed E-state index contributed by atoms with van der Waals surface area (Å²) in [6.45, 7) is 2.40. The van der Waals surface area contributed by atoms with E-state index < -0.39 is 5.91 Å². The number of nitrogens with one attached hydrogen (secondary N) is 3. The van der Waals surface area contributed by atoms with E-state index in [-0.39, 0.29) is 5.96 Å². The Balaban J connectivity index is 2.69. The molecule has 0 radical (unpaired) electrons. The van der Waals surface area contributed by atoms with Crippen LogP contribution in [0.5, 0.6) is 0 Å². The van der Waals surface area contributed by atoms with Crippen molar-refractivity contribution in [3.63, 3.8) is 0 Å². The molecule has 1 rings (SSSR count). The van der Waals surface area contributed by atoms with Crippen LogP contribution < -0.4 is 10.6 Å². The van der Waals surface area contributed by atoms with Crippen molar-refractivity contribution in [1.29, 1.82) is 5.41 Å². The van der Waals surface area contributed by atoms with Crippen molar-refractivity contribution in [3.05, 3.63) is 39.9 Å². The normalized spacial score (nSPS) is 10.4. The molecule has 1 aromatic carbocycles. The molecule has 0 saturated carbocycles. The molecule has 3 N–H and O–H groups in total. The highest BCUT2D eigenvalue weighted by Gasteiger charge is 2.03. The van der Waals surface area contributed by atoms with Gasteiger partial charge in [0, 0.05) is 28.2 Å². The highest BCUT2D eigenvalue weighted by Crippen LogP contribution is 2.25. The third-order valence-electron chi connectivity index (χ3n) is 2.00. The SMILES string of the molecule is CCNC(=N)NC(=O)/C=C/c1c(Cl)cccc1Cl. The van der Waals surface area contributed by atoms with E-state index in [0.717, 1.165) is 0 Å². The van der Waals surface area contributed by atoms with Gasteiger partial charge < -0.3 is 5.32 Å². The molecular formula is C12H13Cl2N3O. The second-order valence-corrected chi connectivity index (χ2v) is 4.18. The van der Waals surface area contributed by atoms with Gasteiger partial charge in [0.25, 0.3) is 5.91 Å². The molecule has 0 spiro atoms. The molecule has 0 aromatic heterocycles. The average molecular weight is 286 g/mol. The summed E-state index contributed by atoms with van der Waals surface area (Å²) in [5.41, 5.74) is 0.575. The zero-order valence-electron chi connectivity index (χ0n) is 9.76. The van der Waals surface area contributed by atoms with Gasteiger partial charge in [0.05, 0.1) is 0 Å². The fourth-order valence-electron chi connectivity index (χ4n) is 1.21. The molecule has 0 saturated heterocycles. The first-order chi connectivity index (χ1) is 8.54. The topological polar surface area (TPSA) is 65.0 Å². The standard InChI is InChI=1S/C12H13Cl2N3O/c1-2-16-12(15)17-11(18)7-6-8-9(13)4-3-5-10(8)14/h3-7H,2H2,1H3,(H3,15,16,17,18)/b7-6+. The lowest BCUT2D eigenvalue weighted by Gasteiger charge is -2.05. The molecule has 0 unspecified atom stereocenters. The van der Waals surface area contributed by atoms with Crippen molar-refractivity contribution >= 4 is 41.1 Å². The van der Waals surface area contributed by atoms with Gasteiger partial charge in [-0.1, -0.05) is 29.3 Å². The van der Waals surface area contributed by atoms with Crippen molar-refractivity contribution in [2.75, 3.05) is 6.54 Å². The average Bonchev–Trinajstić information content (AvgIpc) is 2.28. The highest BCUT2D eigenvalue weighted by atomic mass is 35.5. The number of carbonyl (C=O) groups excluding carboxylic acids is 1. The zero-order valence-corrected chi connectivity index (χ0v) is 11.3. The van der Waals surface area contributed by atoms with E-state index >= 15 is 0 Å². The summed E-state index contributed by atoms with van der Waals surface area (Å²) in [6, 6.07) is 5.10. The quantitative estimate of drug-likeness (QED) is 0.454. The third-order valence-corrected chi connectivity index (χ3v) is 2.66. The van der Waals surface area contributed by atoms with Crippen LogP contribution in [0.15, 0.2) is 24.3 Å². The number of halogens is 2. The Labute approximate surface area is 115 Å². The Bertz CT molecular complexity index is 466. The van der Waals surface area contributed by atoms with Crippen molar-refractivity contribution in [2.24, 2.45) is 0 Å². The van der Waals surface area contributed by atoms with Crippen LogP contribution in [0.4, 0.5) is 0 Å². The molecule has 0 fully saturated rings. The van der Waals surface area contributed by atoms with E-state index in [1.54, 1.807) is 18.2 Å². The Kier molecular flexibility index (Phi) is 5.68. The van der Waals surface area contributed by atoms with Crippen molar-refractivity contribution in [2.45, 2.75) is 6.92 Å². The maximum atomic E-state index is 11.5. The van der Waals surface area contributed by atoms with E-state index in [9.17, 15) is 4.79 Å². The molecular weight excluding hydrogens is 273 g/mol. The molecule has 0 aliphatic rings. The minimum absolute atomic E-state index is 0.0441. The lowest BCUT2D eigenvalue weighted by Crippen LogP contribution is -2.39. The molecule has 0 bridgehead atoms. The predicted molar refractivity (Wildman–Crippen MR) is 75.0 cm³/mol. The minimum Gasteiger partial charge on any atom is -0.357 e. The van der Waals surface area contributed by atoms with Crippen LogP contribution in [0.1, 0.15) is 12.5 Å². The molecule has 0 atom stereocenters. The number of guanidine groups is 1. The van der Waals surface area contributed by atoms with E-state index in [1.807, 2.05) is 6.92 Å². The molecule has 0 aliphatic carbocycles. The third kappa shape index (κ3) is 4.39. The van der Waals surface area contributed by atoms with Gasteiger partial charge in [-0.15, -0.1) is 0 Å². The summed E-state index contributed by atoms with van der Waals surface area (Å²) in [4.78, 5) is 11.5. The predicted octanol–water partition coefficient (Wildman–Crippen LogP) is 2.67. The van der Waals surface area contributed by atoms with Gasteiger partial charge >= 0.3 is 0 Å². The second-order valence-electron chi connectivity index (χ2n) is 3.36. The van der Waals surface area contributed by atoms with Gasteiger partial charge in [-0.3, -0.25) is 15.5 Å². The maximum Gasteiger partial charge on any atom is 0.250 e. The lowest BCUT2D eigenvalue weighted by atomic mass is 10.2. The summed E-state index contributed by atoms with van der Waals surface area (Å²) >= 11 is 11.9. The van der Waals surface area contributed by atoms with Gasteiger partial charge in [-0.25, -0.2) is 0 Å². The fraction of sp³-hybridized carbons (Fsp3) is 0.167. The monoisotopic (exact) mass is 285 g/mol. The fourth-order valence-corrected chi connectivity index (χ4v) is 1.74. The number of benzene rings is 1. The number of carbonyl (C=O) groups is 1. The van der Waals surface area contributed by atoms with E-state index in [1.165, 1.54) is 12.2 Å². The van der Waals surface area contributed by atoms with E-state index in [0.29, 0.717) is 22.2 Å². The van der Waals surface area contributed by atoms with Gasteiger partial charge in [-0.05, 0) is 25.1 Å². The van der Waals surface area contributed by atoms with Crippen LogP contribution in [-0.2, 0) is 4.79 Å². The van der Waals surface area contributed by atoms with E-state index in [2.05, 4.69) is 10.6 Å². The maximum absolute atomic E-state index is 11.5. The van der Waals surface area contributed by atoms with Crippen molar-refractivity contribution in [3.8, 4) is 0 Å². The number of hydrogen-bond donors (Lipinski definition) is 3. The van der Waals surface area contributed by atoms with Gasteiger partial charge in [0.1, 0.15) is 0 Å². The summed E-state index contributed by atoms with van der Waals surface area (Å²) in [5.74, 6) is -0.464. The number of rotatable bonds is 3. The van der Waals surface area contributed by atoms with Crippen LogP contribution in [0.25, 0.3) is 6.08 Å². The van der Waals surface area contributed by atoms with Gasteiger partial charge in [0.2, 0.25) is 0 Å². The number of hydrogen-bond acceptors (Lipinski definition) is 2. The van der Waals surface area contributed by atoms with Crippen LogP contribution in [0.2, 0.25) is 10.0 Å². The Morgan fingerprint density at radius 3 is 2.56 bits per heavy atom. The van der Waals surface area contributed by atoms with Gasteiger partial charge in [-0.2, -0.15) is 0 Å². The largest absolute Gasteiger partial charge is 0.357 e. The minimum atomic E-state index is -0.420. The Morgan fingerprint density at radius 1 is 1.39 bits per heavy atom. The molecule has 18 heavy (non-hydrogen) atoms. The zero-order chi connectivity index (χ0) is 13.5. The molecule has 4 nitrogen and oxygen atoms in total. The molecule has 1 aromatic rings. The Hall–Kier alpha value is -1.52.